The minimum Gasteiger partial charge on any atom is -0.459 e. The summed E-state index contributed by atoms with van der Waals surface area (Å²) in [4.78, 5) is 12.3. The summed E-state index contributed by atoms with van der Waals surface area (Å²) in [6, 6.07) is 0. The van der Waals surface area contributed by atoms with E-state index in [1.165, 1.54) is 0 Å². The first-order valence-corrected chi connectivity index (χ1v) is 22.7. The number of esters is 1. The Labute approximate surface area is 343 Å². The van der Waals surface area contributed by atoms with E-state index in [9.17, 15) is 9.90 Å². The molecule has 58 heavy (non-hydrogen) atoms. The lowest BCUT2D eigenvalue weighted by atomic mass is 9.78. The van der Waals surface area contributed by atoms with Gasteiger partial charge in [-0.3, -0.25) is 4.79 Å². The van der Waals surface area contributed by atoms with Gasteiger partial charge in [0.1, 0.15) is 30.5 Å². The van der Waals surface area contributed by atoms with Crippen LogP contribution in [0.2, 0.25) is 0 Å². The summed E-state index contributed by atoms with van der Waals surface area (Å²) in [6.07, 6.45) is 18.0. The molecule has 10 aliphatic rings. The van der Waals surface area contributed by atoms with E-state index < -0.39 is 17.3 Å². The lowest BCUT2D eigenvalue weighted by Gasteiger charge is -2.54. The van der Waals surface area contributed by atoms with Crippen molar-refractivity contribution in [1.29, 1.82) is 0 Å². The number of hydrogen-bond donors (Lipinski definition) is 1. The fourth-order valence-corrected chi connectivity index (χ4v) is 12.4. The van der Waals surface area contributed by atoms with Crippen LogP contribution in [-0.4, -0.2) is 132 Å². The van der Waals surface area contributed by atoms with Crippen LogP contribution in [0.15, 0.2) is 36.5 Å². The van der Waals surface area contributed by atoms with Gasteiger partial charge in [0.25, 0.3) is 0 Å². The highest BCUT2D eigenvalue weighted by molar-refractivity contribution is 5.72. The number of fused-ring (bicyclic) bond motifs is 9. The van der Waals surface area contributed by atoms with Gasteiger partial charge in [0.2, 0.25) is 0 Å². The first-order chi connectivity index (χ1) is 27.9. The molecule has 10 aliphatic heterocycles. The largest absolute Gasteiger partial charge is 0.459 e. The fraction of sp³-hybridized carbons (Fsp3) is 0.848. The number of carbonyl (C=O) groups is 1. The molecule has 12 heteroatoms. The second kappa shape index (κ2) is 15.9. The van der Waals surface area contributed by atoms with Crippen LogP contribution in [0, 0.1) is 11.8 Å². The van der Waals surface area contributed by atoms with Gasteiger partial charge >= 0.3 is 5.97 Å². The molecule has 12 nitrogen and oxygen atoms in total. The second-order valence-corrected chi connectivity index (χ2v) is 20.1. The lowest BCUT2D eigenvalue weighted by molar-refractivity contribution is -0.306. The molecule has 0 aromatic rings. The maximum Gasteiger partial charge on any atom is 0.308 e. The van der Waals surface area contributed by atoms with E-state index in [2.05, 4.69) is 64.2 Å². The van der Waals surface area contributed by atoms with Crippen LogP contribution in [-0.2, 0) is 52.2 Å². The van der Waals surface area contributed by atoms with E-state index in [1.54, 1.807) is 0 Å². The first kappa shape index (κ1) is 40.4. The number of ether oxygens (including phenoxy) is 10. The average molecular weight is 811 g/mol. The minimum atomic E-state index is -0.651. The van der Waals surface area contributed by atoms with Crippen LogP contribution in [0.1, 0.15) is 112 Å². The van der Waals surface area contributed by atoms with Gasteiger partial charge in [-0.05, 0) is 77.6 Å². The summed E-state index contributed by atoms with van der Waals surface area (Å²) in [5.74, 6) is 0.354. The molecule has 7 saturated heterocycles. The van der Waals surface area contributed by atoms with Crippen LogP contribution in [0.25, 0.3) is 0 Å². The summed E-state index contributed by atoms with van der Waals surface area (Å²) in [7, 11) is 0. The molecule has 0 radical (unpaired) electrons. The van der Waals surface area contributed by atoms with Crippen molar-refractivity contribution in [3.05, 3.63) is 36.5 Å². The van der Waals surface area contributed by atoms with Gasteiger partial charge in [0.05, 0.1) is 97.0 Å². The zero-order valence-corrected chi connectivity index (χ0v) is 34.9. The van der Waals surface area contributed by atoms with Crippen LogP contribution < -0.4 is 0 Å². The third-order valence-corrected chi connectivity index (χ3v) is 15.2. The van der Waals surface area contributed by atoms with E-state index in [0.29, 0.717) is 50.9 Å². The molecule has 10 rings (SSSR count). The monoisotopic (exact) mass is 810 g/mol. The summed E-state index contributed by atoms with van der Waals surface area (Å²) < 4.78 is 67.6. The fourth-order valence-electron chi connectivity index (χ4n) is 12.4. The van der Waals surface area contributed by atoms with Gasteiger partial charge in [-0.25, -0.2) is 0 Å². The molecule has 0 spiro atoms. The van der Waals surface area contributed by atoms with Crippen molar-refractivity contribution in [2.75, 3.05) is 0 Å². The molecular weight excluding hydrogens is 744 g/mol. The molecule has 9 unspecified atom stereocenters. The molecule has 322 valence electrons. The SMILES string of the molecule is C[C@@H]1C[C@@H]2OC(=O)CC2OC2CC3OC4C/C=C\CC5OC6C/C=C\C7OC8CC9O[C@H](C)C[C@H](O)[C@@H]9O[C@@H]8C[C@]7(C)O[C@@H]6/C=C\C[C@@H]5O[C@@H]4[C@@H](C)C[C@@H]3O[C@]2(C)C1. The predicted molar refractivity (Wildman–Crippen MR) is 210 cm³/mol. The lowest BCUT2D eigenvalue weighted by Crippen LogP contribution is -2.64. The van der Waals surface area contributed by atoms with Gasteiger partial charge in [-0.2, -0.15) is 0 Å². The minimum absolute atomic E-state index is 0.00101. The molecular formula is C46H66O12. The Balaban J connectivity index is 0.841. The second-order valence-electron chi connectivity index (χ2n) is 20.1. The Kier molecular flexibility index (Phi) is 11.1. The standard InChI is InChI=1S/C46H66O12/c1-24-16-33-36(21-42(48)54-33)53-41-20-35-37(58-45(41,4)22-24)17-25(2)43-32(51-35)11-7-6-10-28-29(55-43)12-8-14-31-30(50-28)13-9-15-40-46(5,57-31)23-39-34(52-40)19-38-44(56-39)27(47)18-26(3)49-38/h6-9,14-15,24-41,43-44,47H,10-13,16-23H2,1-5H3/b7-6-,14-8-,15-9-/t24-,25+,26-,27+,28?,29+,30?,31-,32?,33+,34?,35?,36?,37+,38?,39-,40?,41?,43-,44+,45-,46+/m1/s1. The number of aliphatic hydroxyl groups is 1. The van der Waals surface area contributed by atoms with Crippen LogP contribution >= 0.6 is 0 Å². The van der Waals surface area contributed by atoms with E-state index in [0.717, 1.165) is 32.1 Å². The Morgan fingerprint density at radius 2 is 1.29 bits per heavy atom. The van der Waals surface area contributed by atoms with Gasteiger partial charge in [-0.1, -0.05) is 50.3 Å². The molecule has 0 bridgehead atoms. The molecule has 7 fully saturated rings. The highest BCUT2D eigenvalue weighted by Crippen LogP contribution is 2.48. The first-order valence-electron chi connectivity index (χ1n) is 22.7. The Morgan fingerprint density at radius 1 is 0.569 bits per heavy atom. The van der Waals surface area contributed by atoms with Crippen molar-refractivity contribution in [3.8, 4) is 0 Å². The molecule has 1 N–H and O–H groups in total. The maximum atomic E-state index is 12.3. The van der Waals surface area contributed by atoms with Crippen LogP contribution in [0.4, 0.5) is 0 Å². The zero-order valence-electron chi connectivity index (χ0n) is 34.9. The van der Waals surface area contributed by atoms with Crippen molar-refractivity contribution >= 4 is 5.97 Å². The summed E-state index contributed by atoms with van der Waals surface area (Å²) in [6.45, 7) is 10.9. The molecule has 10 heterocycles. The number of hydrogen-bond acceptors (Lipinski definition) is 12. The topological polar surface area (TPSA) is 130 Å². The Morgan fingerprint density at radius 3 is 2.16 bits per heavy atom. The predicted octanol–water partition coefficient (Wildman–Crippen LogP) is 5.60. The summed E-state index contributed by atoms with van der Waals surface area (Å²) in [5, 5.41) is 10.9. The van der Waals surface area contributed by atoms with Crippen LogP contribution in [0.5, 0.6) is 0 Å². The van der Waals surface area contributed by atoms with Gasteiger partial charge in [0, 0.05) is 25.7 Å². The highest BCUT2D eigenvalue weighted by Gasteiger charge is 2.57. The summed E-state index contributed by atoms with van der Waals surface area (Å²) in [5.41, 5.74) is -1.13. The summed E-state index contributed by atoms with van der Waals surface area (Å²) >= 11 is 0. The van der Waals surface area contributed by atoms with Gasteiger partial charge in [0.15, 0.2) is 0 Å². The molecule has 0 aromatic carbocycles. The number of carbonyl (C=O) groups excluding carboxylic acids is 1. The van der Waals surface area contributed by atoms with Crippen molar-refractivity contribution in [2.45, 2.75) is 233 Å². The third kappa shape index (κ3) is 7.72. The highest BCUT2D eigenvalue weighted by atomic mass is 16.6. The molecule has 0 aromatic heterocycles. The maximum absolute atomic E-state index is 12.3. The zero-order chi connectivity index (χ0) is 39.9. The Hall–Kier alpha value is -1.71. The van der Waals surface area contributed by atoms with E-state index in [4.69, 9.17) is 47.4 Å². The molecule has 0 amide bonds. The number of aliphatic hydroxyl groups excluding tert-OH is 1. The molecule has 0 aliphatic carbocycles. The normalized spacial score (nSPS) is 57.1. The van der Waals surface area contributed by atoms with Gasteiger partial charge in [-0.15, -0.1) is 0 Å². The molecule has 0 saturated carbocycles. The Bertz CT molecular complexity index is 1600. The van der Waals surface area contributed by atoms with E-state index in [-0.39, 0.29) is 116 Å². The van der Waals surface area contributed by atoms with E-state index >= 15 is 0 Å². The van der Waals surface area contributed by atoms with Crippen LogP contribution in [0.3, 0.4) is 0 Å². The third-order valence-electron chi connectivity index (χ3n) is 15.2. The van der Waals surface area contributed by atoms with Crippen molar-refractivity contribution < 1.29 is 57.3 Å². The van der Waals surface area contributed by atoms with Crippen molar-refractivity contribution in [3.63, 3.8) is 0 Å². The smallest absolute Gasteiger partial charge is 0.308 e. The van der Waals surface area contributed by atoms with E-state index in [1.807, 2.05) is 6.92 Å². The quantitative estimate of drug-likeness (QED) is 0.242. The van der Waals surface area contributed by atoms with Crippen molar-refractivity contribution in [1.82, 2.24) is 0 Å². The average Bonchev–Trinajstić information content (AvgIpc) is 3.46. The van der Waals surface area contributed by atoms with Crippen molar-refractivity contribution in [2.24, 2.45) is 11.8 Å². The number of rotatable bonds is 0. The van der Waals surface area contributed by atoms with Gasteiger partial charge < -0.3 is 52.5 Å². The molecule has 22 atom stereocenters.